The minimum absolute atomic E-state index is 0.468. The predicted molar refractivity (Wildman–Crippen MR) is 90.8 cm³/mol. The van der Waals surface area contributed by atoms with Crippen LogP contribution in [0.25, 0.3) is 0 Å². The van der Waals surface area contributed by atoms with Crippen molar-refractivity contribution in [2.45, 2.75) is 59.5 Å². The van der Waals surface area contributed by atoms with Crippen LogP contribution in [0, 0.1) is 11.8 Å². The molecule has 0 aromatic carbocycles. The highest BCUT2D eigenvalue weighted by Gasteiger charge is 2.30. The first-order chi connectivity index (χ1) is 9.92. The molecule has 0 spiro atoms. The number of nitrogens with one attached hydrogen (secondary N) is 1. The van der Waals surface area contributed by atoms with Crippen molar-refractivity contribution in [2.24, 2.45) is 11.8 Å². The molecule has 1 saturated heterocycles. The second-order valence-electron chi connectivity index (χ2n) is 7.15. The Morgan fingerprint density at radius 1 is 1.29 bits per heavy atom. The molecular formula is C18H31N3. The summed E-state index contributed by atoms with van der Waals surface area (Å²) in [5, 5.41) is 3.26. The lowest BCUT2D eigenvalue weighted by atomic mass is 9.86. The Labute approximate surface area is 130 Å². The highest BCUT2D eigenvalue weighted by atomic mass is 15.2. The Kier molecular flexibility index (Phi) is 5.26. The number of rotatable bonds is 4. The summed E-state index contributed by atoms with van der Waals surface area (Å²) in [6.45, 7) is 13.5. The van der Waals surface area contributed by atoms with Gasteiger partial charge < -0.3 is 10.2 Å². The van der Waals surface area contributed by atoms with Crippen LogP contribution in [0.4, 0.5) is 5.82 Å². The number of aromatic nitrogens is 1. The number of anilines is 1. The van der Waals surface area contributed by atoms with Crippen molar-refractivity contribution in [2.75, 3.05) is 18.5 Å². The van der Waals surface area contributed by atoms with Crippen molar-refractivity contribution < 1.29 is 0 Å². The molecule has 0 amide bonds. The first-order valence-electron chi connectivity index (χ1n) is 8.34. The standard InChI is InChI=1S/C18H31N3/c1-12(2)17-8-16(10-19-6)9-18(20-17)21-11-13(3)7-14(4)15(21)5/h8-9,12-15,19H,7,10-11H2,1-6H3. The Morgan fingerprint density at radius 3 is 2.62 bits per heavy atom. The lowest BCUT2D eigenvalue weighted by molar-refractivity contribution is 0.295. The molecule has 3 unspecified atom stereocenters. The van der Waals surface area contributed by atoms with Crippen molar-refractivity contribution in [1.29, 1.82) is 0 Å². The van der Waals surface area contributed by atoms with Crippen LogP contribution < -0.4 is 10.2 Å². The number of pyridine rings is 1. The van der Waals surface area contributed by atoms with Crippen LogP contribution >= 0.6 is 0 Å². The minimum Gasteiger partial charge on any atom is -0.353 e. The zero-order valence-electron chi connectivity index (χ0n) is 14.5. The summed E-state index contributed by atoms with van der Waals surface area (Å²) in [5.41, 5.74) is 2.54. The van der Waals surface area contributed by atoms with Gasteiger partial charge in [-0.2, -0.15) is 0 Å². The molecule has 1 aliphatic heterocycles. The largest absolute Gasteiger partial charge is 0.353 e. The molecule has 2 rings (SSSR count). The van der Waals surface area contributed by atoms with Crippen molar-refractivity contribution in [1.82, 2.24) is 10.3 Å². The van der Waals surface area contributed by atoms with Crippen LogP contribution in [0.3, 0.4) is 0 Å². The number of hydrogen-bond acceptors (Lipinski definition) is 3. The molecule has 0 radical (unpaired) electrons. The van der Waals surface area contributed by atoms with Gasteiger partial charge in [-0.3, -0.25) is 0 Å². The quantitative estimate of drug-likeness (QED) is 0.914. The Hall–Kier alpha value is -1.09. The summed E-state index contributed by atoms with van der Waals surface area (Å²) in [6, 6.07) is 5.08. The van der Waals surface area contributed by atoms with E-state index in [0.717, 1.165) is 30.7 Å². The van der Waals surface area contributed by atoms with Crippen LogP contribution in [-0.4, -0.2) is 24.6 Å². The van der Waals surface area contributed by atoms with Gasteiger partial charge in [0.05, 0.1) is 0 Å². The average Bonchev–Trinajstić information content (AvgIpc) is 2.42. The predicted octanol–water partition coefficient (Wildman–Crippen LogP) is 3.80. The van der Waals surface area contributed by atoms with Gasteiger partial charge in [0, 0.05) is 24.8 Å². The third-order valence-electron chi connectivity index (χ3n) is 4.76. The normalized spacial score (nSPS) is 26.4. The van der Waals surface area contributed by atoms with Gasteiger partial charge in [-0.05, 0) is 55.8 Å². The fraction of sp³-hybridized carbons (Fsp3) is 0.722. The van der Waals surface area contributed by atoms with Gasteiger partial charge in [0.25, 0.3) is 0 Å². The van der Waals surface area contributed by atoms with Crippen molar-refractivity contribution in [3.05, 3.63) is 23.4 Å². The molecule has 1 N–H and O–H groups in total. The minimum atomic E-state index is 0.468. The monoisotopic (exact) mass is 289 g/mol. The van der Waals surface area contributed by atoms with Crippen molar-refractivity contribution >= 4 is 5.82 Å². The molecule has 118 valence electrons. The molecule has 21 heavy (non-hydrogen) atoms. The molecule has 1 fully saturated rings. The molecule has 3 nitrogen and oxygen atoms in total. The van der Waals surface area contributed by atoms with Crippen LogP contribution in [-0.2, 0) is 6.54 Å². The van der Waals surface area contributed by atoms with Gasteiger partial charge >= 0.3 is 0 Å². The molecule has 3 heteroatoms. The Bertz CT molecular complexity index is 470. The maximum atomic E-state index is 4.96. The van der Waals surface area contributed by atoms with Gasteiger partial charge in [0.1, 0.15) is 5.82 Å². The number of hydrogen-bond donors (Lipinski definition) is 1. The molecule has 0 bridgehead atoms. The topological polar surface area (TPSA) is 28.2 Å². The summed E-state index contributed by atoms with van der Waals surface area (Å²) >= 11 is 0. The summed E-state index contributed by atoms with van der Waals surface area (Å²) in [4.78, 5) is 7.47. The van der Waals surface area contributed by atoms with Gasteiger partial charge in [-0.1, -0.05) is 27.7 Å². The van der Waals surface area contributed by atoms with Crippen molar-refractivity contribution in [3.63, 3.8) is 0 Å². The smallest absolute Gasteiger partial charge is 0.129 e. The zero-order valence-corrected chi connectivity index (χ0v) is 14.5. The van der Waals surface area contributed by atoms with E-state index in [1.807, 2.05) is 7.05 Å². The van der Waals surface area contributed by atoms with Gasteiger partial charge in [-0.25, -0.2) is 4.98 Å². The van der Waals surface area contributed by atoms with Gasteiger partial charge in [0.2, 0.25) is 0 Å². The fourth-order valence-corrected chi connectivity index (χ4v) is 3.36. The number of piperidine rings is 1. The summed E-state index contributed by atoms with van der Waals surface area (Å²) < 4.78 is 0. The molecule has 2 heterocycles. The summed E-state index contributed by atoms with van der Waals surface area (Å²) in [5.74, 6) is 3.10. The van der Waals surface area contributed by atoms with Crippen LogP contribution in [0.5, 0.6) is 0 Å². The van der Waals surface area contributed by atoms with E-state index < -0.39 is 0 Å². The lowest BCUT2D eigenvalue weighted by Crippen LogP contribution is -2.46. The van der Waals surface area contributed by atoms with Crippen LogP contribution in [0.1, 0.15) is 58.2 Å². The average molecular weight is 289 g/mol. The Morgan fingerprint density at radius 2 is 2.00 bits per heavy atom. The van der Waals surface area contributed by atoms with E-state index in [1.54, 1.807) is 0 Å². The molecule has 1 aromatic rings. The van der Waals surface area contributed by atoms with E-state index in [-0.39, 0.29) is 0 Å². The van der Waals surface area contributed by atoms with Crippen molar-refractivity contribution in [3.8, 4) is 0 Å². The molecular weight excluding hydrogens is 258 g/mol. The number of nitrogens with zero attached hydrogens (tertiary/aromatic N) is 2. The van der Waals surface area contributed by atoms with E-state index in [2.05, 4.69) is 57.0 Å². The SMILES string of the molecule is CNCc1cc(C(C)C)nc(N2CC(C)CC(C)C2C)c1. The van der Waals surface area contributed by atoms with E-state index in [1.165, 1.54) is 17.7 Å². The van der Waals surface area contributed by atoms with E-state index in [0.29, 0.717) is 12.0 Å². The van der Waals surface area contributed by atoms with Gasteiger partial charge in [0.15, 0.2) is 0 Å². The fourth-order valence-electron chi connectivity index (χ4n) is 3.36. The molecule has 1 aliphatic rings. The molecule has 3 atom stereocenters. The zero-order chi connectivity index (χ0) is 15.6. The first kappa shape index (κ1) is 16.3. The molecule has 0 saturated carbocycles. The maximum absolute atomic E-state index is 4.96. The van der Waals surface area contributed by atoms with Crippen LogP contribution in [0.2, 0.25) is 0 Å². The third kappa shape index (κ3) is 3.76. The summed E-state index contributed by atoms with van der Waals surface area (Å²) in [6.07, 6.45) is 1.32. The highest BCUT2D eigenvalue weighted by Crippen LogP contribution is 2.31. The third-order valence-corrected chi connectivity index (χ3v) is 4.76. The second-order valence-corrected chi connectivity index (χ2v) is 7.15. The highest BCUT2D eigenvalue weighted by molar-refractivity contribution is 5.45. The Balaban J connectivity index is 2.36. The summed E-state index contributed by atoms with van der Waals surface area (Å²) in [7, 11) is 2.00. The van der Waals surface area contributed by atoms with E-state index in [4.69, 9.17) is 4.98 Å². The maximum Gasteiger partial charge on any atom is 0.129 e. The van der Waals surface area contributed by atoms with Gasteiger partial charge in [-0.15, -0.1) is 0 Å². The van der Waals surface area contributed by atoms with Crippen LogP contribution in [0.15, 0.2) is 12.1 Å². The van der Waals surface area contributed by atoms with E-state index in [9.17, 15) is 0 Å². The lowest BCUT2D eigenvalue weighted by Gasteiger charge is -2.42. The second kappa shape index (κ2) is 6.78. The van der Waals surface area contributed by atoms with E-state index >= 15 is 0 Å². The molecule has 0 aliphatic carbocycles. The molecule has 1 aromatic heterocycles. The first-order valence-corrected chi connectivity index (χ1v) is 8.34.